The van der Waals surface area contributed by atoms with Crippen LogP contribution in [0, 0.1) is 5.92 Å². The van der Waals surface area contributed by atoms with E-state index in [0.29, 0.717) is 17.9 Å². The van der Waals surface area contributed by atoms with Crippen LogP contribution >= 0.6 is 0 Å². The number of piperidine rings is 1. The lowest BCUT2D eigenvalue weighted by molar-refractivity contribution is 0.186. The quantitative estimate of drug-likeness (QED) is 0.569. The molecule has 0 spiro atoms. The predicted octanol–water partition coefficient (Wildman–Crippen LogP) is 1.11. The summed E-state index contributed by atoms with van der Waals surface area (Å²) >= 11 is 0. The standard InChI is InChI=1S/C16H33N5/c1-3-20-9-5-7-14(13-20)11-18-16(17)19-12-15-8-6-10-21(15)4-2/h14-15H,3-13H2,1-2H3,(H3,17,18,19). The molecule has 2 unspecified atom stereocenters. The Morgan fingerprint density at radius 2 is 2.00 bits per heavy atom. The fourth-order valence-corrected chi connectivity index (χ4v) is 3.64. The fourth-order valence-electron chi connectivity index (χ4n) is 3.64. The second-order valence-electron chi connectivity index (χ2n) is 6.43. The fraction of sp³-hybridized carbons (Fsp3) is 0.938. The Hall–Kier alpha value is -0.810. The van der Waals surface area contributed by atoms with Gasteiger partial charge in [0.15, 0.2) is 5.96 Å². The second kappa shape index (κ2) is 8.59. The molecular weight excluding hydrogens is 262 g/mol. The summed E-state index contributed by atoms with van der Waals surface area (Å²) in [4.78, 5) is 9.61. The van der Waals surface area contributed by atoms with E-state index in [1.165, 1.54) is 45.3 Å². The summed E-state index contributed by atoms with van der Waals surface area (Å²) in [6.45, 7) is 12.2. The number of aliphatic imine (C=N–C) groups is 1. The highest BCUT2D eigenvalue weighted by Gasteiger charge is 2.22. The van der Waals surface area contributed by atoms with E-state index < -0.39 is 0 Å². The van der Waals surface area contributed by atoms with Gasteiger partial charge in [0.1, 0.15) is 0 Å². The summed E-state index contributed by atoms with van der Waals surface area (Å²) in [5, 5.41) is 3.33. The summed E-state index contributed by atoms with van der Waals surface area (Å²) < 4.78 is 0. The van der Waals surface area contributed by atoms with Gasteiger partial charge in [-0.3, -0.25) is 9.89 Å². The molecule has 0 aromatic carbocycles. The minimum Gasteiger partial charge on any atom is -0.370 e. The number of nitrogens with one attached hydrogen (secondary N) is 1. The van der Waals surface area contributed by atoms with Gasteiger partial charge in [-0.25, -0.2) is 0 Å². The smallest absolute Gasteiger partial charge is 0.188 e. The Morgan fingerprint density at radius 3 is 2.76 bits per heavy atom. The van der Waals surface area contributed by atoms with Crippen molar-refractivity contribution in [1.29, 1.82) is 0 Å². The largest absolute Gasteiger partial charge is 0.370 e. The minimum atomic E-state index is 0.631. The molecule has 2 saturated heterocycles. The van der Waals surface area contributed by atoms with Crippen LogP contribution in [0.1, 0.15) is 39.5 Å². The zero-order valence-electron chi connectivity index (χ0n) is 13.9. The van der Waals surface area contributed by atoms with E-state index in [9.17, 15) is 0 Å². The molecule has 0 aromatic heterocycles. The van der Waals surface area contributed by atoms with Gasteiger partial charge in [0.05, 0.1) is 0 Å². The predicted molar refractivity (Wildman–Crippen MR) is 89.6 cm³/mol. The lowest BCUT2D eigenvalue weighted by Gasteiger charge is -2.31. The van der Waals surface area contributed by atoms with Crippen molar-refractivity contribution in [2.45, 2.75) is 45.6 Å². The summed E-state index contributed by atoms with van der Waals surface area (Å²) in [6.07, 6.45) is 5.18. The summed E-state index contributed by atoms with van der Waals surface area (Å²) in [6, 6.07) is 0.633. The Bertz CT molecular complexity index is 331. The van der Waals surface area contributed by atoms with Gasteiger partial charge in [0, 0.05) is 25.7 Å². The first-order chi connectivity index (χ1) is 10.2. The number of hydrogen-bond acceptors (Lipinski definition) is 3. The van der Waals surface area contributed by atoms with Gasteiger partial charge in [0.25, 0.3) is 0 Å². The molecular formula is C16H33N5. The highest BCUT2D eigenvalue weighted by atomic mass is 15.2. The van der Waals surface area contributed by atoms with Crippen LogP contribution in [-0.2, 0) is 0 Å². The molecule has 21 heavy (non-hydrogen) atoms. The van der Waals surface area contributed by atoms with Gasteiger partial charge < -0.3 is 16.0 Å². The van der Waals surface area contributed by atoms with Crippen molar-refractivity contribution < 1.29 is 0 Å². The van der Waals surface area contributed by atoms with E-state index in [1.807, 2.05) is 0 Å². The van der Waals surface area contributed by atoms with E-state index in [4.69, 9.17) is 5.73 Å². The van der Waals surface area contributed by atoms with Crippen LogP contribution in [0.3, 0.4) is 0 Å². The van der Waals surface area contributed by atoms with Crippen molar-refractivity contribution in [3.8, 4) is 0 Å². The molecule has 122 valence electrons. The molecule has 0 aliphatic carbocycles. The first kappa shape index (κ1) is 16.6. The number of rotatable bonds is 6. The molecule has 0 amide bonds. The molecule has 0 radical (unpaired) electrons. The van der Waals surface area contributed by atoms with E-state index in [2.05, 4.69) is 34.0 Å². The number of nitrogens with two attached hydrogens (primary N) is 1. The Labute approximate surface area is 130 Å². The van der Waals surface area contributed by atoms with Crippen LogP contribution in [0.2, 0.25) is 0 Å². The maximum absolute atomic E-state index is 6.03. The first-order valence-electron chi connectivity index (χ1n) is 8.73. The van der Waals surface area contributed by atoms with Gasteiger partial charge in [0.2, 0.25) is 0 Å². The Morgan fingerprint density at radius 1 is 1.19 bits per heavy atom. The van der Waals surface area contributed by atoms with Crippen molar-refractivity contribution in [3.63, 3.8) is 0 Å². The SMILES string of the molecule is CCN1CCCC(CN=C(N)NCC2CCCN2CC)C1. The lowest BCUT2D eigenvalue weighted by atomic mass is 9.98. The van der Waals surface area contributed by atoms with Crippen LogP contribution < -0.4 is 11.1 Å². The molecule has 0 bridgehead atoms. The van der Waals surface area contributed by atoms with Crippen LogP contribution in [0.15, 0.2) is 4.99 Å². The topological polar surface area (TPSA) is 56.9 Å². The van der Waals surface area contributed by atoms with Gasteiger partial charge >= 0.3 is 0 Å². The molecule has 5 nitrogen and oxygen atoms in total. The molecule has 2 rings (SSSR count). The molecule has 2 atom stereocenters. The normalized spacial score (nSPS) is 29.0. The third-order valence-corrected chi connectivity index (χ3v) is 4.99. The van der Waals surface area contributed by atoms with Gasteiger partial charge in [-0.2, -0.15) is 0 Å². The Balaban J connectivity index is 1.69. The summed E-state index contributed by atoms with van der Waals surface area (Å²) in [5.74, 6) is 1.31. The minimum absolute atomic E-state index is 0.631. The van der Waals surface area contributed by atoms with Crippen molar-refractivity contribution in [2.24, 2.45) is 16.6 Å². The highest BCUT2D eigenvalue weighted by Crippen LogP contribution is 2.17. The zero-order valence-corrected chi connectivity index (χ0v) is 13.9. The van der Waals surface area contributed by atoms with Crippen molar-refractivity contribution >= 4 is 5.96 Å². The molecule has 0 saturated carbocycles. The molecule has 2 heterocycles. The monoisotopic (exact) mass is 295 g/mol. The first-order valence-corrected chi connectivity index (χ1v) is 8.73. The number of likely N-dealkylation sites (tertiary alicyclic amines) is 2. The van der Waals surface area contributed by atoms with Gasteiger partial charge in [-0.1, -0.05) is 13.8 Å². The average Bonchev–Trinajstić information content (AvgIpc) is 2.98. The van der Waals surface area contributed by atoms with Crippen LogP contribution in [0.25, 0.3) is 0 Å². The van der Waals surface area contributed by atoms with Gasteiger partial charge in [-0.05, 0) is 57.8 Å². The van der Waals surface area contributed by atoms with E-state index in [1.54, 1.807) is 0 Å². The molecule has 0 aromatic rings. The van der Waals surface area contributed by atoms with Crippen LogP contribution in [-0.4, -0.2) is 67.6 Å². The maximum atomic E-state index is 6.03. The van der Waals surface area contributed by atoms with Crippen molar-refractivity contribution in [2.75, 3.05) is 45.8 Å². The number of hydrogen-bond donors (Lipinski definition) is 2. The summed E-state index contributed by atoms with van der Waals surface area (Å²) in [5.41, 5.74) is 6.03. The third kappa shape index (κ3) is 5.15. The molecule has 3 N–H and O–H groups in total. The number of guanidine groups is 1. The Kier molecular flexibility index (Phi) is 6.77. The zero-order chi connectivity index (χ0) is 15.1. The highest BCUT2D eigenvalue weighted by molar-refractivity contribution is 5.77. The van der Waals surface area contributed by atoms with E-state index in [0.717, 1.165) is 26.2 Å². The van der Waals surface area contributed by atoms with E-state index >= 15 is 0 Å². The third-order valence-electron chi connectivity index (χ3n) is 4.99. The molecule has 5 heteroatoms. The van der Waals surface area contributed by atoms with E-state index in [-0.39, 0.29) is 0 Å². The molecule has 2 fully saturated rings. The summed E-state index contributed by atoms with van der Waals surface area (Å²) in [7, 11) is 0. The number of nitrogens with zero attached hydrogens (tertiary/aromatic N) is 3. The van der Waals surface area contributed by atoms with Crippen LogP contribution in [0.5, 0.6) is 0 Å². The molecule has 2 aliphatic rings. The molecule has 2 aliphatic heterocycles. The average molecular weight is 295 g/mol. The maximum Gasteiger partial charge on any atom is 0.188 e. The van der Waals surface area contributed by atoms with Crippen molar-refractivity contribution in [1.82, 2.24) is 15.1 Å². The van der Waals surface area contributed by atoms with Crippen LogP contribution in [0.4, 0.5) is 0 Å². The number of likely N-dealkylation sites (N-methyl/N-ethyl adjacent to an activating group) is 1. The van der Waals surface area contributed by atoms with Crippen molar-refractivity contribution in [3.05, 3.63) is 0 Å². The van der Waals surface area contributed by atoms with Gasteiger partial charge in [-0.15, -0.1) is 0 Å². The second-order valence-corrected chi connectivity index (χ2v) is 6.43. The lowest BCUT2D eigenvalue weighted by Crippen LogP contribution is -2.43.